The van der Waals surface area contributed by atoms with Crippen molar-refractivity contribution in [2.75, 3.05) is 18.5 Å². The molecule has 1 rings (SSSR count). The Morgan fingerprint density at radius 2 is 1.62 bits per heavy atom. The van der Waals surface area contributed by atoms with Gasteiger partial charge in [-0.3, -0.25) is 0 Å². The summed E-state index contributed by atoms with van der Waals surface area (Å²) >= 11 is 0. The highest BCUT2D eigenvalue weighted by Crippen LogP contribution is 2.17. The summed E-state index contributed by atoms with van der Waals surface area (Å²) in [6, 6.07) is 4.19. The van der Waals surface area contributed by atoms with Crippen molar-refractivity contribution in [3.63, 3.8) is 0 Å². The van der Waals surface area contributed by atoms with E-state index in [1.54, 1.807) is 0 Å². The minimum Gasteiger partial charge on any atom is -0.399 e. The third kappa shape index (κ3) is 2.10. The Labute approximate surface area is 76.8 Å². The lowest BCUT2D eigenvalue weighted by Gasteiger charge is -2.04. The Kier molecular flexibility index (Phi) is 2.44. The third-order valence-electron chi connectivity index (χ3n) is 1.53. The van der Waals surface area contributed by atoms with E-state index in [9.17, 15) is 8.42 Å². The summed E-state index contributed by atoms with van der Waals surface area (Å²) in [6.07, 6.45) is 0. The molecule has 0 aromatic heterocycles. The molecule has 13 heavy (non-hydrogen) atoms. The Balaban J connectivity index is 3.32. The minimum atomic E-state index is -3.45. The van der Waals surface area contributed by atoms with E-state index in [1.165, 1.54) is 25.2 Å². The first-order valence-electron chi connectivity index (χ1n) is 3.55. The van der Waals surface area contributed by atoms with Crippen LogP contribution in [0.15, 0.2) is 23.1 Å². The fraction of sp³-hybridized carbons (Fsp3) is 0.143. The number of nitrogen functional groups attached to an aromatic ring is 2. The lowest BCUT2D eigenvalue weighted by molar-refractivity contribution is 0.588. The van der Waals surface area contributed by atoms with Crippen LogP contribution in [0.1, 0.15) is 0 Å². The Morgan fingerprint density at radius 1 is 1.15 bits per heavy atom. The Hall–Kier alpha value is -1.27. The molecule has 0 aliphatic rings. The molecule has 0 fully saturated rings. The van der Waals surface area contributed by atoms with E-state index < -0.39 is 10.0 Å². The molecule has 0 atom stereocenters. The van der Waals surface area contributed by atoms with Crippen LogP contribution in [0.4, 0.5) is 11.4 Å². The van der Waals surface area contributed by atoms with Crippen molar-refractivity contribution in [3.8, 4) is 0 Å². The summed E-state index contributed by atoms with van der Waals surface area (Å²) in [5, 5.41) is 0. The predicted octanol–water partition coefficient (Wildman–Crippen LogP) is -0.241. The van der Waals surface area contributed by atoms with E-state index >= 15 is 0 Å². The maximum absolute atomic E-state index is 11.3. The highest BCUT2D eigenvalue weighted by Gasteiger charge is 2.11. The standard InChI is InChI=1S/C7H11N3O2S/c1-10-13(11,12)7-3-5(8)2-6(9)4-7/h2-4,10H,8-9H2,1H3. The second-order valence-electron chi connectivity index (χ2n) is 2.54. The molecule has 5 nitrogen and oxygen atoms in total. The molecule has 0 saturated heterocycles. The molecule has 72 valence electrons. The van der Waals surface area contributed by atoms with Crippen LogP contribution in [-0.4, -0.2) is 15.5 Å². The number of sulfonamides is 1. The van der Waals surface area contributed by atoms with E-state index in [0.29, 0.717) is 11.4 Å². The molecular formula is C7H11N3O2S. The first-order chi connectivity index (χ1) is 5.95. The van der Waals surface area contributed by atoms with E-state index in [4.69, 9.17) is 11.5 Å². The molecule has 0 radical (unpaired) electrons. The summed E-state index contributed by atoms with van der Waals surface area (Å²) in [4.78, 5) is 0.0764. The zero-order valence-corrected chi connectivity index (χ0v) is 7.93. The number of benzene rings is 1. The van der Waals surface area contributed by atoms with Gasteiger partial charge < -0.3 is 11.5 Å². The van der Waals surface area contributed by atoms with Crippen LogP contribution in [0.2, 0.25) is 0 Å². The molecule has 5 N–H and O–H groups in total. The number of hydrogen-bond donors (Lipinski definition) is 3. The SMILES string of the molecule is CNS(=O)(=O)c1cc(N)cc(N)c1. The number of rotatable bonds is 2. The molecule has 0 bridgehead atoms. The number of hydrogen-bond acceptors (Lipinski definition) is 4. The zero-order valence-electron chi connectivity index (χ0n) is 7.11. The largest absolute Gasteiger partial charge is 0.399 e. The van der Waals surface area contributed by atoms with Crippen LogP contribution in [0.5, 0.6) is 0 Å². The van der Waals surface area contributed by atoms with Crippen molar-refractivity contribution in [3.05, 3.63) is 18.2 Å². The molecule has 0 heterocycles. The second-order valence-corrected chi connectivity index (χ2v) is 4.43. The third-order valence-corrected chi connectivity index (χ3v) is 2.92. The molecule has 0 saturated carbocycles. The van der Waals surface area contributed by atoms with E-state index in [0.717, 1.165) is 0 Å². The van der Waals surface area contributed by atoms with Gasteiger partial charge in [-0.25, -0.2) is 13.1 Å². The van der Waals surface area contributed by atoms with Crippen LogP contribution >= 0.6 is 0 Å². The van der Waals surface area contributed by atoms with Gasteiger partial charge in [-0.1, -0.05) is 0 Å². The predicted molar refractivity (Wildman–Crippen MR) is 51.5 cm³/mol. The van der Waals surface area contributed by atoms with Crippen molar-refractivity contribution in [1.29, 1.82) is 0 Å². The lowest BCUT2D eigenvalue weighted by Crippen LogP contribution is -2.18. The van der Waals surface area contributed by atoms with Gasteiger partial charge in [-0.05, 0) is 25.2 Å². The maximum Gasteiger partial charge on any atom is 0.240 e. The average Bonchev–Trinajstić information content (AvgIpc) is 2.02. The van der Waals surface area contributed by atoms with Gasteiger partial charge in [0.25, 0.3) is 0 Å². The molecule has 0 aliphatic carbocycles. The lowest BCUT2D eigenvalue weighted by atomic mass is 10.3. The van der Waals surface area contributed by atoms with Crippen LogP contribution in [-0.2, 0) is 10.0 Å². The first-order valence-corrected chi connectivity index (χ1v) is 5.03. The van der Waals surface area contributed by atoms with Crippen LogP contribution in [0, 0.1) is 0 Å². The molecule has 0 spiro atoms. The monoisotopic (exact) mass is 201 g/mol. The summed E-state index contributed by atoms with van der Waals surface area (Å²) in [5.74, 6) is 0. The van der Waals surface area contributed by atoms with Gasteiger partial charge in [0.15, 0.2) is 0 Å². The Bertz CT molecular complexity index is 393. The van der Waals surface area contributed by atoms with Gasteiger partial charge in [0, 0.05) is 11.4 Å². The van der Waals surface area contributed by atoms with Crippen molar-refractivity contribution in [2.24, 2.45) is 0 Å². The highest BCUT2D eigenvalue weighted by molar-refractivity contribution is 7.89. The van der Waals surface area contributed by atoms with Gasteiger partial charge in [-0.15, -0.1) is 0 Å². The molecule has 0 unspecified atom stereocenters. The van der Waals surface area contributed by atoms with Crippen LogP contribution < -0.4 is 16.2 Å². The number of anilines is 2. The van der Waals surface area contributed by atoms with Gasteiger partial charge >= 0.3 is 0 Å². The van der Waals surface area contributed by atoms with Crippen molar-refractivity contribution in [1.82, 2.24) is 4.72 Å². The van der Waals surface area contributed by atoms with Crippen molar-refractivity contribution >= 4 is 21.4 Å². The molecule has 0 aliphatic heterocycles. The van der Waals surface area contributed by atoms with Gasteiger partial charge in [-0.2, -0.15) is 0 Å². The minimum absolute atomic E-state index is 0.0764. The van der Waals surface area contributed by atoms with E-state index in [2.05, 4.69) is 4.72 Å². The first kappa shape index (κ1) is 9.82. The topological polar surface area (TPSA) is 98.2 Å². The molecule has 1 aromatic rings. The fourth-order valence-corrected chi connectivity index (χ4v) is 1.74. The van der Waals surface area contributed by atoms with Gasteiger partial charge in [0.1, 0.15) is 0 Å². The summed E-state index contributed by atoms with van der Waals surface area (Å²) < 4.78 is 24.7. The van der Waals surface area contributed by atoms with Crippen molar-refractivity contribution < 1.29 is 8.42 Å². The molecular weight excluding hydrogens is 190 g/mol. The van der Waals surface area contributed by atoms with Crippen molar-refractivity contribution in [2.45, 2.75) is 4.90 Å². The second kappa shape index (κ2) is 3.23. The zero-order chi connectivity index (χ0) is 10.1. The van der Waals surface area contributed by atoms with Gasteiger partial charge in [0.05, 0.1) is 4.90 Å². The van der Waals surface area contributed by atoms with Crippen LogP contribution in [0.25, 0.3) is 0 Å². The fourth-order valence-electron chi connectivity index (χ4n) is 0.919. The van der Waals surface area contributed by atoms with Crippen LogP contribution in [0.3, 0.4) is 0 Å². The number of nitrogens with one attached hydrogen (secondary N) is 1. The van der Waals surface area contributed by atoms with Gasteiger partial charge in [0.2, 0.25) is 10.0 Å². The quantitative estimate of drug-likeness (QED) is 0.575. The molecule has 0 amide bonds. The summed E-state index contributed by atoms with van der Waals surface area (Å²) in [7, 11) is -2.13. The molecule has 1 aromatic carbocycles. The van der Waals surface area contributed by atoms with E-state index in [-0.39, 0.29) is 4.90 Å². The molecule has 6 heteroatoms. The van der Waals surface area contributed by atoms with E-state index in [1.807, 2.05) is 0 Å². The maximum atomic E-state index is 11.3. The smallest absolute Gasteiger partial charge is 0.240 e. The summed E-state index contributed by atoms with van der Waals surface area (Å²) in [5.41, 5.74) is 11.5. The Morgan fingerprint density at radius 3 is 2.00 bits per heavy atom. The summed E-state index contributed by atoms with van der Waals surface area (Å²) in [6.45, 7) is 0. The normalized spacial score (nSPS) is 11.5. The highest BCUT2D eigenvalue weighted by atomic mass is 32.2. The average molecular weight is 201 g/mol. The number of nitrogens with two attached hydrogens (primary N) is 2.